The maximum absolute atomic E-state index is 11.4. The lowest BCUT2D eigenvalue weighted by Crippen LogP contribution is -2.47. The monoisotopic (exact) mass is 508 g/mol. The van der Waals surface area contributed by atoms with Crippen LogP contribution in [0.2, 0.25) is 18.1 Å². The molecule has 0 aromatic rings. The van der Waals surface area contributed by atoms with E-state index in [2.05, 4.69) is 40.8 Å². The van der Waals surface area contributed by atoms with Gasteiger partial charge in [-0.15, -0.1) is 0 Å². The highest BCUT2D eigenvalue weighted by Gasteiger charge is 2.45. The zero-order valence-electron chi connectivity index (χ0n) is 23.4. The average molecular weight is 509 g/mol. The van der Waals surface area contributed by atoms with E-state index >= 15 is 0 Å². The zero-order chi connectivity index (χ0) is 25.5. The Morgan fingerprint density at radius 3 is 2.14 bits per heavy atom. The fourth-order valence-corrected chi connectivity index (χ4v) is 6.76. The zero-order valence-corrected chi connectivity index (χ0v) is 24.4. The third-order valence-electron chi connectivity index (χ3n) is 8.63. The summed E-state index contributed by atoms with van der Waals surface area (Å²) in [5, 5.41) is 0.191. The van der Waals surface area contributed by atoms with Crippen molar-refractivity contribution in [3.63, 3.8) is 0 Å². The largest absolute Gasteiger partial charge is 0.452 e. The van der Waals surface area contributed by atoms with Crippen LogP contribution in [0.4, 0.5) is 0 Å². The second kappa shape index (κ2) is 13.2. The number of rotatable bonds is 14. The first-order valence-electron chi connectivity index (χ1n) is 14.5. The van der Waals surface area contributed by atoms with E-state index in [1.54, 1.807) is 0 Å². The van der Waals surface area contributed by atoms with Crippen molar-refractivity contribution in [1.82, 2.24) is 0 Å². The molecule has 0 radical (unpaired) electrons. The Morgan fingerprint density at radius 2 is 1.51 bits per heavy atom. The van der Waals surface area contributed by atoms with E-state index in [0.717, 1.165) is 32.1 Å². The molecule has 3 aliphatic heterocycles. The highest BCUT2D eigenvalue weighted by molar-refractivity contribution is 6.74. The summed E-state index contributed by atoms with van der Waals surface area (Å²) < 4.78 is 25.3. The first-order valence-corrected chi connectivity index (χ1v) is 17.4. The molecule has 202 valence electrons. The van der Waals surface area contributed by atoms with Gasteiger partial charge in [-0.05, 0) is 56.3 Å². The van der Waals surface area contributed by atoms with Gasteiger partial charge in [-0.2, -0.15) is 0 Å². The smallest absolute Gasteiger partial charge is 0.331 e. The molecule has 0 aromatic heterocycles. The molecule has 35 heavy (non-hydrogen) atoms. The molecule has 0 saturated carbocycles. The van der Waals surface area contributed by atoms with Crippen LogP contribution in [-0.2, 0) is 23.4 Å². The molecule has 0 unspecified atom stereocenters. The van der Waals surface area contributed by atoms with Crippen LogP contribution in [-0.4, -0.2) is 50.9 Å². The van der Waals surface area contributed by atoms with E-state index in [9.17, 15) is 4.79 Å². The van der Waals surface area contributed by atoms with Crippen molar-refractivity contribution >= 4 is 14.3 Å². The summed E-state index contributed by atoms with van der Waals surface area (Å²) in [5.41, 5.74) is 0. The lowest BCUT2D eigenvalue weighted by atomic mass is 10.0. The molecule has 0 N–H and O–H groups in total. The third-order valence-corrected chi connectivity index (χ3v) is 13.1. The molecule has 5 nitrogen and oxygen atoms in total. The van der Waals surface area contributed by atoms with Gasteiger partial charge in [0, 0.05) is 6.08 Å². The molecular formula is C29H52O5Si. The molecule has 0 spiro atoms. The molecule has 3 aliphatic rings. The first kappa shape index (κ1) is 28.9. The topological polar surface area (TPSA) is 54.0 Å². The van der Waals surface area contributed by atoms with Crippen LogP contribution >= 0.6 is 0 Å². The Labute approximate surface area is 215 Å². The number of carbonyl (C=O) groups excluding carboxylic acids is 1. The molecule has 6 heteroatoms. The van der Waals surface area contributed by atoms with E-state index in [4.69, 9.17) is 18.6 Å². The minimum atomic E-state index is -1.88. The standard InChI is InChI=1S/C29H52O5Si/c1-7-8-9-10-11-12-13-14-15-27(34-35(5,6)29(2,3)4)26-19-18-23(32-26)22-16-17-24(31-22)25-20-21-28(30)33-25/h20-27H,7-19H2,1-6H3/t22-,23+,24-,25+,26+,27+/m1/s1. The van der Waals surface area contributed by atoms with Crippen LogP contribution in [0.25, 0.3) is 0 Å². The highest BCUT2D eigenvalue weighted by atomic mass is 28.4. The van der Waals surface area contributed by atoms with E-state index in [0.29, 0.717) is 0 Å². The SMILES string of the molecule is CCCCCCCCCC[C@H](O[Si](C)(C)C(C)(C)C)[C@@H]1CC[C@@H]([C@H]2CC[C@H]([C@@H]3C=CC(=O)O3)O2)O1. The Balaban J connectivity index is 1.50. The molecule has 6 atom stereocenters. The second-order valence-electron chi connectivity index (χ2n) is 12.5. The van der Waals surface area contributed by atoms with Crippen molar-refractivity contribution in [2.24, 2.45) is 0 Å². The predicted octanol–water partition coefficient (Wildman–Crippen LogP) is 7.48. The number of unbranched alkanes of at least 4 members (excludes halogenated alkanes) is 7. The number of ether oxygens (including phenoxy) is 3. The van der Waals surface area contributed by atoms with Crippen LogP contribution < -0.4 is 0 Å². The van der Waals surface area contributed by atoms with Gasteiger partial charge in [-0.25, -0.2) is 4.79 Å². The molecule has 0 amide bonds. The third kappa shape index (κ3) is 8.41. The molecule has 3 heterocycles. The number of hydrogen-bond donors (Lipinski definition) is 0. The molecule has 0 aliphatic carbocycles. The summed E-state index contributed by atoms with van der Waals surface area (Å²) in [7, 11) is -1.88. The van der Waals surface area contributed by atoms with Crippen molar-refractivity contribution in [2.75, 3.05) is 0 Å². The lowest BCUT2D eigenvalue weighted by Gasteiger charge is -2.41. The summed E-state index contributed by atoms with van der Waals surface area (Å²) in [6.07, 6.45) is 19.3. The van der Waals surface area contributed by atoms with Crippen LogP contribution in [0, 0.1) is 0 Å². The molecule has 3 rings (SSSR count). The van der Waals surface area contributed by atoms with Gasteiger partial charge in [0.05, 0.1) is 30.5 Å². The summed E-state index contributed by atoms with van der Waals surface area (Å²) in [6.45, 7) is 14.0. The maximum atomic E-state index is 11.4. The quantitative estimate of drug-likeness (QED) is 0.138. The number of esters is 1. The van der Waals surface area contributed by atoms with Crippen molar-refractivity contribution < 1.29 is 23.4 Å². The Bertz CT molecular complexity index is 685. The summed E-state index contributed by atoms with van der Waals surface area (Å²) in [6, 6.07) is 0. The minimum Gasteiger partial charge on any atom is -0.452 e. The summed E-state index contributed by atoms with van der Waals surface area (Å²) >= 11 is 0. The van der Waals surface area contributed by atoms with Gasteiger partial charge in [0.2, 0.25) is 0 Å². The van der Waals surface area contributed by atoms with Gasteiger partial charge in [0.1, 0.15) is 6.10 Å². The van der Waals surface area contributed by atoms with E-state index in [-0.39, 0.29) is 47.6 Å². The molecular weight excluding hydrogens is 456 g/mol. The molecule has 0 aromatic carbocycles. The van der Waals surface area contributed by atoms with Gasteiger partial charge in [-0.3, -0.25) is 0 Å². The van der Waals surface area contributed by atoms with Gasteiger partial charge in [0.25, 0.3) is 0 Å². The van der Waals surface area contributed by atoms with Gasteiger partial charge in [-0.1, -0.05) is 79.1 Å². The number of carbonyl (C=O) groups is 1. The van der Waals surface area contributed by atoms with Crippen molar-refractivity contribution in [1.29, 1.82) is 0 Å². The van der Waals surface area contributed by atoms with Crippen molar-refractivity contribution in [2.45, 2.75) is 166 Å². The fraction of sp³-hybridized carbons (Fsp3) is 0.897. The van der Waals surface area contributed by atoms with Gasteiger partial charge < -0.3 is 18.6 Å². The van der Waals surface area contributed by atoms with Crippen LogP contribution in [0.3, 0.4) is 0 Å². The Morgan fingerprint density at radius 1 is 0.914 bits per heavy atom. The molecule has 0 bridgehead atoms. The van der Waals surface area contributed by atoms with Gasteiger partial charge >= 0.3 is 5.97 Å². The molecule has 2 saturated heterocycles. The maximum Gasteiger partial charge on any atom is 0.331 e. The highest BCUT2D eigenvalue weighted by Crippen LogP contribution is 2.41. The first-order chi connectivity index (χ1) is 16.6. The Kier molecular flexibility index (Phi) is 10.9. The van der Waals surface area contributed by atoms with Crippen molar-refractivity contribution in [3.8, 4) is 0 Å². The number of hydrogen-bond acceptors (Lipinski definition) is 5. The van der Waals surface area contributed by atoms with Gasteiger partial charge in [0.15, 0.2) is 8.32 Å². The van der Waals surface area contributed by atoms with Crippen molar-refractivity contribution in [3.05, 3.63) is 12.2 Å². The molecule has 2 fully saturated rings. The summed E-state index contributed by atoms with van der Waals surface area (Å²) in [5.74, 6) is -0.259. The van der Waals surface area contributed by atoms with Crippen LogP contribution in [0.5, 0.6) is 0 Å². The van der Waals surface area contributed by atoms with Crippen LogP contribution in [0.15, 0.2) is 12.2 Å². The normalized spacial score (nSPS) is 30.2. The second-order valence-corrected chi connectivity index (χ2v) is 17.3. The van der Waals surface area contributed by atoms with E-state index in [1.807, 2.05) is 6.08 Å². The predicted molar refractivity (Wildman–Crippen MR) is 144 cm³/mol. The number of cyclic esters (lactones) is 1. The minimum absolute atomic E-state index is 0.0399. The fourth-order valence-electron chi connectivity index (χ4n) is 5.38. The average Bonchev–Trinajstić information content (AvgIpc) is 3.54. The van der Waals surface area contributed by atoms with Crippen LogP contribution in [0.1, 0.15) is 111 Å². The van der Waals surface area contributed by atoms with E-state index in [1.165, 1.54) is 57.4 Å². The summed E-state index contributed by atoms with van der Waals surface area (Å²) in [4.78, 5) is 11.4. The Hall–Kier alpha value is -0.693. The van der Waals surface area contributed by atoms with E-state index < -0.39 is 8.32 Å². The lowest BCUT2D eigenvalue weighted by molar-refractivity contribution is -0.147.